The smallest absolute Gasteiger partial charge is 0.180 e. The van der Waals surface area contributed by atoms with Crippen LogP contribution in [0.1, 0.15) is 62.0 Å². The summed E-state index contributed by atoms with van der Waals surface area (Å²) >= 11 is 6.76. The van der Waals surface area contributed by atoms with Crippen LogP contribution in [0.25, 0.3) is 0 Å². The first-order chi connectivity index (χ1) is 18.9. The second-order valence-electron chi connectivity index (χ2n) is 10.2. The summed E-state index contributed by atoms with van der Waals surface area (Å²) in [6.45, 7) is 1.42. The fraction of sp³-hybridized carbons (Fsp3) is 0.419. The first-order valence-corrected chi connectivity index (χ1v) is 13.8. The molecule has 5 rings (SSSR count). The Balaban J connectivity index is 1.57. The molecule has 39 heavy (non-hydrogen) atoms. The van der Waals surface area contributed by atoms with E-state index in [0.29, 0.717) is 59.2 Å². The number of rotatable bonds is 9. The summed E-state index contributed by atoms with van der Waals surface area (Å²) in [4.78, 5) is 29.2. The van der Waals surface area contributed by atoms with Crippen molar-refractivity contribution in [3.05, 3.63) is 80.9 Å². The summed E-state index contributed by atoms with van der Waals surface area (Å²) in [5.74, 6) is 0.0251. The van der Waals surface area contributed by atoms with Gasteiger partial charge in [-0.2, -0.15) is 0 Å². The molecule has 1 aliphatic heterocycles. The Labute approximate surface area is 233 Å². The molecule has 0 atom stereocenters. The van der Waals surface area contributed by atoms with Gasteiger partial charge in [0, 0.05) is 61.6 Å². The van der Waals surface area contributed by atoms with Crippen LogP contribution in [-0.2, 0) is 20.9 Å². The van der Waals surface area contributed by atoms with Crippen LogP contribution < -0.4 is 9.47 Å². The van der Waals surface area contributed by atoms with Crippen molar-refractivity contribution >= 4 is 23.2 Å². The number of allylic oxidation sites excluding steroid dienone is 4. The fourth-order valence-corrected chi connectivity index (χ4v) is 6.29. The molecule has 0 unspecified atom stereocenters. The topological polar surface area (TPSA) is 65.1 Å². The minimum absolute atomic E-state index is 0.0736. The highest BCUT2D eigenvalue weighted by Crippen LogP contribution is 2.51. The van der Waals surface area contributed by atoms with Crippen LogP contribution in [0.5, 0.6) is 11.5 Å². The number of Topliss-reactive ketones (excluding diaryl/α,β-unsaturated/α-hetero) is 2. The molecular weight excluding hydrogens is 521 g/mol. The van der Waals surface area contributed by atoms with Gasteiger partial charge in [-0.25, -0.2) is 4.39 Å². The maximum Gasteiger partial charge on any atom is 0.180 e. The van der Waals surface area contributed by atoms with Crippen molar-refractivity contribution in [3.63, 3.8) is 0 Å². The van der Waals surface area contributed by atoms with Crippen LogP contribution >= 0.6 is 11.6 Å². The number of halogens is 2. The second kappa shape index (κ2) is 11.9. The standard InChI is InChI=1S/C31H33ClFNO5/c1-37-14-6-13-34-23-9-4-11-25(35)29(23)28(30-24(34)10-5-12-26(30)36)20-16-22(32)31(27(17-20)38-2)39-18-19-7-3-8-21(33)15-19/h3,7-8,15-17,28H,4-6,9-14,18H2,1-2H3. The highest BCUT2D eigenvalue weighted by atomic mass is 35.5. The van der Waals surface area contributed by atoms with Gasteiger partial charge in [0.05, 0.1) is 12.1 Å². The summed E-state index contributed by atoms with van der Waals surface area (Å²) < 4.78 is 30.6. The maximum absolute atomic E-state index is 13.6. The van der Waals surface area contributed by atoms with E-state index in [0.717, 1.165) is 49.1 Å². The summed E-state index contributed by atoms with van der Waals surface area (Å²) in [5.41, 5.74) is 4.81. The van der Waals surface area contributed by atoms with Gasteiger partial charge in [0.15, 0.2) is 23.1 Å². The molecule has 0 saturated heterocycles. The highest BCUT2D eigenvalue weighted by molar-refractivity contribution is 6.32. The average Bonchev–Trinajstić information content (AvgIpc) is 2.92. The van der Waals surface area contributed by atoms with E-state index in [9.17, 15) is 14.0 Å². The monoisotopic (exact) mass is 553 g/mol. The fourth-order valence-electron chi connectivity index (χ4n) is 6.02. The van der Waals surface area contributed by atoms with E-state index in [1.807, 2.05) is 6.07 Å². The quantitative estimate of drug-likeness (QED) is 0.330. The number of benzene rings is 2. The van der Waals surface area contributed by atoms with E-state index in [1.165, 1.54) is 19.2 Å². The van der Waals surface area contributed by atoms with Gasteiger partial charge in [-0.1, -0.05) is 23.7 Å². The third-order valence-corrected chi connectivity index (χ3v) is 7.95. The Kier molecular flexibility index (Phi) is 8.38. The molecule has 1 heterocycles. The van der Waals surface area contributed by atoms with Crippen molar-refractivity contribution in [1.82, 2.24) is 4.90 Å². The largest absolute Gasteiger partial charge is 0.493 e. The minimum Gasteiger partial charge on any atom is -0.493 e. The lowest BCUT2D eigenvalue weighted by molar-refractivity contribution is -0.117. The summed E-state index contributed by atoms with van der Waals surface area (Å²) in [7, 11) is 3.20. The Hall–Kier alpha value is -3.16. The van der Waals surface area contributed by atoms with Crippen LogP contribution in [0.2, 0.25) is 5.02 Å². The Morgan fingerprint density at radius 1 is 0.974 bits per heavy atom. The molecule has 206 valence electrons. The third kappa shape index (κ3) is 5.48. The number of methoxy groups -OCH3 is 2. The lowest BCUT2D eigenvalue weighted by Gasteiger charge is -2.44. The molecule has 3 aliphatic rings. The molecule has 0 fully saturated rings. The second-order valence-corrected chi connectivity index (χ2v) is 10.6. The van der Waals surface area contributed by atoms with Crippen molar-refractivity contribution in [2.24, 2.45) is 0 Å². The van der Waals surface area contributed by atoms with Crippen LogP contribution in [0.3, 0.4) is 0 Å². The SMILES string of the molecule is COCCCN1C2=C(C(=O)CCC2)C(c2cc(Cl)c(OCc3cccc(F)c3)c(OC)c2)C2=C1CCCC2=O. The predicted octanol–water partition coefficient (Wildman–Crippen LogP) is 6.52. The Morgan fingerprint density at radius 3 is 2.28 bits per heavy atom. The van der Waals surface area contributed by atoms with Gasteiger partial charge in [-0.15, -0.1) is 0 Å². The molecule has 0 bridgehead atoms. The molecule has 0 spiro atoms. The van der Waals surface area contributed by atoms with Crippen molar-refractivity contribution in [2.45, 2.75) is 57.5 Å². The van der Waals surface area contributed by atoms with Crippen LogP contribution in [0.15, 0.2) is 58.9 Å². The zero-order chi connectivity index (χ0) is 27.5. The summed E-state index contributed by atoms with van der Waals surface area (Å²) in [5, 5.41) is 0.305. The van der Waals surface area contributed by atoms with E-state index >= 15 is 0 Å². The van der Waals surface area contributed by atoms with Gasteiger partial charge in [0.1, 0.15) is 12.4 Å². The number of ether oxygens (including phenoxy) is 3. The molecule has 0 amide bonds. The molecule has 6 nitrogen and oxygen atoms in total. The lowest BCUT2D eigenvalue weighted by atomic mass is 9.71. The molecule has 0 radical (unpaired) electrons. The normalized spacial score (nSPS) is 17.9. The molecule has 0 N–H and O–H groups in total. The van der Waals surface area contributed by atoms with Crippen LogP contribution in [-0.4, -0.2) is 43.8 Å². The zero-order valence-corrected chi connectivity index (χ0v) is 23.1. The first-order valence-electron chi connectivity index (χ1n) is 13.5. The Morgan fingerprint density at radius 2 is 1.67 bits per heavy atom. The van der Waals surface area contributed by atoms with Gasteiger partial charge >= 0.3 is 0 Å². The van der Waals surface area contributed by atoms with Gasteiger partial charge < -0.3 is 19.1 Å². The number of hydrogen-bond donors (Lipinski definition) is 0. The third-order valence-electron chi connectivity index (χ3n) is 7.67. The van der Waals surface area contributed by atoms with Crippen LogP contribution in [0.4, 0.5) is 4.39 Å². The summed E-state index contributed by atoms with van der Waals surface area (Å²) in [6.07, 6.45) is 4.87. The van der Waals surface area contributed by atoms with Crippen molar-refractivity contribution in [3.8, 4) is 11.5 Å². The molecule has 0 saturated carbocycles. The molecule has 2 aromatic carbocycles. The molecule has 8 heteroatoms. The number of hydrogen-bond acceptors (Lipinski definition) is 6. The van der Waals surface area contributed by atoms with E-state index in [1.54, 1.807) is 25.3 Å². The van der Waals surface area contributed by atoms with Gasteiger partial charge in [0.2, 0.25) is 0 Å². The molecule has 2 aliphatic carbocycles. The highest BCUT2D eigenvalue weighted by Gasteiger charge is 2.43. The lowest BCUT2D eigenvalue weighted by Crippen LogP contribution is -2.39. The van der Waals surface area contributed by atoms with Crippen molar-refractivity contribution in [2.75, 3.05) is 27.4 Å². The number of nitrogens with zero attached hydrogens (tertiary/aromatic N) is 1. The van der Waals surface area contributed by atoms with Crippen molar-refractivity contribution in [1.29, 1.82) is 0 Å². The van der Waals surface area contributed by atoms with E-state index in [4.69, 9.17) is 25.8 Å². The minimum atomic E-state index is -0.502. The van der Waals surface area contributed by atoms with Gasteiger partial charge in [0.25, 0.3) is 0 Å². The molecule has 0 aromatic heterocycles. The van der Waals surface area contributed by atoms with Gasteiger partial charge in [-0.05, 0) is 67.5 Å². The van der Waals surface area contributed by atoms with Crippen LogP contribution in [0, 0.1) is 5.82 Å². The predicted molar refractivity (Wildman–Crippen MR) is 146 cm³/mol. The number of ketones is 2. The number of carbonyl (C=O) groups excluding carboxylic acids is 2. The van der Waals surface area contributed by atoms with E-state index in [-0.39, 0.29) is 24.0 Å². The average molecular weight is 554 g/mol. The van der Waals surface area contributed by atoms with Gasteiger partial charge in [-0.3, -0.25) is 9.59 Å². The first kappa shape index (κ1) is 27.4. The maximum atomic E-state index is 13.6. The van der Waals surface area contributed by atoms with Crippen molar-refractivity contribution < 1.29 is 28.2 Å². The summed E-state index contributed by atoms with van der Waals surface area (Å²) in [6, 6.07) is 9.76. The molecular formula is C31H33ClFNO5. The van der Waals surface area contributed by atoms with E-state index < -0.39 is 5.92 Å². The van der Waals surface area contributed by atoms with E-state index in [2.05, 4.69) is 4.90 Å². The number of carbonyl (C=O) groups is 2. The molecule has 2 aromatic rings. The Bertz CT molecular complexity index is 1310. The zero-order valence-electron chi connectivity index (χ0n) is 22.4.